The normalized spacial score (nSPS) is 15.4. The van der Waals surface area contributed by atoms with Crippen LogP contribution in [0.2, 0.25) is 0 Å². The molecular formula is C37H45N5O6S. The maximum Gasteiger partial charge on any atom is 0.251 e. The van der Waals surface area contributed by atoms with E-state index in [4.69, 9.17) is 15.3 Å². The summed E-state index contributed by atoms with van der Waals surface area (Å²) in [4.78, 5) is 33.0. The van der Waals surface area contributed by atoms with E-state index in [0.29, 0.717) is 60.0 Å². The molecule has 260 valence electrons. The monoisotopic (exact) mass is 687 g/mol. The van der Waals surface area contributed by atoms with E-state index in [2.05, 4.69) is 10.3 Å². The fraction of sp³-hybridized carbons (Fsp3) is 0.378. The van der Waals surface area contributed by atoms with Crippen LogP contribution in [-0.2, 0) is 19.4 Å². The van der Waals surface area contributed by atoms with Crippen LogP contribution in [0.1, 0.15) is 77.6 Å². The van der Waals surface area contributed by atoms with Gasteiger partial charge in [-0.3, -0.25) is 19.6 Å². The van der Waals surface area contributed by atoms with E-state index >= 15 is 4.79 Å². The molecule has 1 aliphatic heterocycles. The molecule has 5 rings (SSSR count). The number of carbonyl (C=O) groups excluding carboxylic acids is 2. The number of pyridine rings is 1. The van der Waals surface area contributed by atoms with Crippen molar-refractivity contribution in [3.63, 3.8) is 0 Å². The van der Waals surface area contributed by atoms with Crippen LogP contribution in [0.15, 0.2) is 78.0 Å². The summed E-state index contributed by atoms with van der Waals surface area (Å²) in [5.74, 6) is 7.36. The standard InChI is InChI=1S/C37H45N5O6S/c1-7-47-34-20-27(11-14-33(34)48-23(2)3)36(42(38)30-13-10-28-22-39-17-16-26(28)19-30)37(44)41-18-8-9-32(41)31-21-29(40-25(6)43)12-15-35(31)49(45,46)24(4)5/h10-17,19-24,32,36H,7-9,18,38H2,1-6H3,(H,40,43)/t32-,36+/m1/s1. The minimum Gasteiger partial charge on any atom is -0.490 e. The first-order valence-electron chi connectivity index (χ1n) is 16.6. The number of amides is 2. The van der Waals surface area contributed by atoms with Gasteiger partial charge in [-0.2, -0.15) is 0 Å². The summed E-state index contributed by atoms with van der Waals surface area (Å²) in [7, 11) is -3.74. The number of aromatic nitrogens is 1. The van der Waals surface area contributed by atoms with E-state index in [1.54, 1.807) is 55.4 Å². The van der Waals surface area contributed by atoms with Crippen LogP contribution in [0.25, 0.3) is 10.8 Å². The Morgan fingerprint density at radius 2 is 1.80 bits per heavy atom. The number of nitrogens with two attached hydrogens (primary N) is 1. The molecule has 11 nitrogen and oxygen atoms in total. The number of nitrogens with one attached hydrogen (secondary N) is 1. The van der Waals surface area contributed by atoms with Gasteiger partial charge in [-0.25, -0.2) is 14.3 Å². The van der Waals surface area contributed by atoms with Crippen molar-refractivity contribution in [2.75, 3.05) is 23.5 Å². The number of rotatable bonds is 12. The second kappa shape index (κ2) is 14.8. The predicted octanol–water partition coefficient (Wildman–Crippen LogP) is 6.35. The van der Waals surface area contributed by atoms with E-state index in [9.17, 15) is 13.2 Å². The molecular weight excluding hydrogens is 643 g/mol. The van der Waals surface area contributed by atoms with Gasteiger partial charge in [0, 0.05) is 36.9 Å². The van der Waals surface area contributed by atoms with Crippen molar-refractivity contribution < 1.29 is 27.5 Å². The van der Waals surface area contributed by atoms with Crippen molar-refractivity contribution in [2.45, 2.75) is 82.7 Å². The molecule has 0 spiro atoms. The number of hydrazine groups is 1. The van der Waals surface area contributed by atoms with Crippen LogP contribution in [-0.4, -0.2) is 54.6 Å². The predicted molar refractivity (Wildman–Crippen MR) is 191 cm³/mol. The van der Waals surface area contributed by atoms with Gasteiger partial charge in [0.1, 0.15) is 6.04 Å². The van der Waals surface area contributed by atoms with Crippen molar-refractivity contribution in [1.29, 1.82) is 0 Å². The molecule has 1 aliphatic rings. The summed E-state index contributed by atoms with van der Waals surface area (Å²) in [5.41, 5.74) is 2.09. The molecule has 1 saturated heterocycles. The fourth-order valence-electron chi connectivity index (χ4n) is 6.23. The molecule has 12 heteroatoms. The molecule has 2 atom stereocenters. The maximum atomic E-state index is 15.0. The van der Waals surface area contributed by atoms with Crippen LogP contribution in [0.4, 0.5) is 11.4 Å². The minimum atomic E-state index is -3.74. The summed E-state index contributed by atoms with van der Waals surface area (Å²) >= 11 is 0. The van der Waals surface area contributed by atoms with Crippen LogP contribution in [0.5, 0.6) is 11.5 Å². The van der Waals surface area contributed by atoms with Crippen LogP contribution >= 0.6 is 0 Å². The summed E-state index contributed by atoms with van der Waals surface area (Å²) < 4.78 is 39.2. The number of fused-ring (bicyclic) bond motifs is 1. The van der Waals surface area contributed by atoms with Gasteiger partial charge in [0.15, 0.2) is 21.3 Å². The molecule has 49 heavy (non-hydrogen) atoms. The van der Waals surface area contributed by atoms with Gasteiger partial charge >= 0.3 is 0 Å². The zero-order chi connectivity index (χ0) is 35.5. The van der Waals surface area contributed by atoms with Gasteiger partial charge < -0.3 is 19.7 Å². The van der Waals surface area contributed by atoms with Crippen molar-refractivity contribution in [3.8, 4) is 11.5 Å². The number of hydrogen-bond acceptors (Lipinski definition) is 9. The smallest absolute Gasteiger partial charge is 0.251 e. The van der Waals surface area contributed by atoms with Crippen molar-refractivity contribution in [2.24, 2.45) is 5.84 Å². The van der Waals surface area contributed by atoms with E-state index < -0.39 is 27.2 Å². The molecule has 0 saturated carbocycles. The number of nitrogens with zero attached hydrogens (tertiary/aromatic N) is 3. The summed E-state index contributed by atoms with van der Waals surface area (Å²) in [6, 6.07) is 16.1. The number of ether oxygens (including phenoxy) is 2. The van der Waals surface area contributed by atoms with Gasteiger partial charge in [0.2, 0.25) is 5.91 Å². The highest BCUT2D eigenvalue weighted by Crippen LogP contribution is 2.42. The minimum absolute atomic E-state index is 0.101. The number of anilines is 2. The van der Waals surface area contributed by atoms with Crippen molar-refractivity contribution in [3.05, 3.63) is 84.2 Å². The third kappa shape index (κ3) is 7.65. The molecule has 1 fully saturated rings. The first-order valence-corrected chi connectivity index (χ1v) is 18.1. The lowest BCUT2D eigenvalue weighted by atomic mass is 10.00. The van der Waals surface area contributed by atoms with Gasteiger partial charge in [0.05, 0.1) is 34.6 Å². The van der Waals surface area contributed by atoms with Gasteiger partial charge in [-0.15, -0.1) is 0 Å². The molecule has 0 aliphatic carbocycles. The van der Waals surface area contributed by atoms with E-state index in [0.717, 1.165) is 10.8 Å². The van der Waals surface area contributed by atoms with E-state index in [1.165, 1.54) is 18.0 Å². The molecule has 0 radical (unpaired) electrons. The fourth-order valence-corrected chi connectivity index (χ4v) is 7.52. The van der Waals surface area contributed by atoms with E-state index in [1.807, 2.05) is 51.1 Å². The highest BCUT2D eigenvalue weighted by molar-refractivity contribution is 7.92. The summed E-state index contributed by atoms with van der Waals surface area (Å²) in [6.07, 6.45) is 4.53. The van der Waals surface area contributed by atoms with E-state index in [-0.39, 0.29) is 22.8 Å². The summed E-state index contributed by atoms with van der Waals surface area (Å²) in [5, 5.41) is 5.35. The molecule has 1 aromatic heterocycles. The molecule has 4 aromatic rings. The van der Waals surface area contributed by atoms with Crippen LogP contribution in [0, 0.1) is 0 Å². The Labute approximate surface area is 288 Å². The third-order valence-corrected chi connectivity index (χ3v) is 10.8. The Morgan fingerprint density at radius 3 is 2.49 bits per heavy atom. The first kappa shape index (κ1) is 35.6. The highest BCUT2D eigenvalue weighted by atomic mass is 32.2. The Kier molecular flexibility index (Phi) is 10.8. The Balaban J connectivity index is 1.64. The quantitative estimate of drug-likeness (QED) is 0.129. The SMILES string of the molecule is CCOc1cc([C@@H](C(=O)N2CCC[C@@H]2c2cc(NC(C)=O)ccc2S(=O)(=O)C(C)C)N(N)c2ccc3cnccc3c2)ccc1OC(C)C. The Hall–Kier alpha value is -4.68. The molecule has 0 unspecified atom stereocenters. The van der Waals surface area contributed by atoms with Gasteiger partial charge in [-0.1, -0.05) is 12.1 Å². The third-order valence-electron chi connectivity index (χ3n) is 8.53. The maximum absolute atomic E-state index is 15.0. The molecule has 3 aromatic carbocycles. The number of sulfone groups is 1. The number of hydrogen-bond donors (Lipinski definition) is 2. The molecule has 0 bridgehead atoms. The number of carbonyl (C=O) groups is 2. The van der Waals surface area contributed by atoms with Crippen molar-refractivity contribution in [1.82, 2.24) is 9.88 Å². The lowest BCUT2D eigenvalue weighted by molar-refractivity contribution is -0.133. The Bertz CT molecular complexity index is 1950. The molecule has 2 heterocycles. The average Bonchev–Trinajstić information content (AvgIpc) is 3.55. The first-order chi connectivity index (χ1) is 23.3. The molecule has 3 N–H and O–H groups in total. The van der Waals surface area contributed by atoms with Crippen LogP contribution in [0.3, 0.4) is 0 Å². The van der Waals surface area contributed by atoms with Gasteiger partial charge in [-0.05, 0) is 113 Å². The van der Waals surface area contributed by atoms with Gasteiger partial charge in [0.25, 0.3) is 5.91 Å². The Morgan fingerprint density at radius 1 is 1.02 bits per heavy atom. The summed E-state index contributed by atoms with van der Waals surface area (Å²) in [6.45, 7) is 11.1. The second-order valence-corrected chi connectivity index (χ2v) is 15.2. The van der Waals surface area contributed by atoms with Crippen molar-refractivity contribution >= 4 is 43.8 Å². The molecule has 2 amide bonds. The zero-order valence-electron chi connectivity index (χ0n) is 28.8. The lowest BCUT2D eigenvalue weighted by Crippen LogP contribution is -2.46. The number of likely N-dealkylation sites (tertiary alicyclic amines) is 1. The largest absolute Gasteiger partial charge is 0.490 e. The number of benzene rings is 3. The topological polar surface area (TPSA) is 144 Å². The van der Waals surface area contributed by atoms with Crippen LogP contribution < -0.4 is 25.6 Å². The zero-order valence-corrected chi connectivity index (χ0v) is 29.7. The second-order valence-electron chi connectivity index (χ2n) is 12.7. The lowest BCUT2D eigenvalue weighted by Gasteiger charge is -2.35. The average molecular weight is 688 g/mol. The highest BCUT2D eigenvalue weighted by Gasteiger charge is 2.40.